The van der Waals surface area contributed by atoms with Crippen molar-refractivity contribution < 1.29 is 0 Å². The molecular weight excluding hydrogens is 306 g/mol. The monoisotopic (exact) mass is 331 g/mol. The van der Waals surface area contributed by atoms with Crippen LogP contribution in [0.2, 0.25) is 0 Å². The fraction of sp³-hybridized carbons (Fsp3) is 0.182. The third-order valence-electron chi connectivity index (χ3n) is 4.32. The van der Waals surface area contributed by atoms with Crippen LogP contribution in [0, 0.1) is 0 Å². The average molecular weight is 331 g/mol. The lowest BCUT2D eigenvalue weighted by atomic mass is 9.97. The van der Waals surface area contributed by atoms with E-state index in [1.807, 2.05) is 18.2 Å². The van der Waals surface area contributed by atoms with Gasteiger partial charge in [-0.3, -0.25) is 0 Å². The molecule has 0 aromatic heterocycles. The van der Waals surface area contributed by atoms with Crippen molar-refractivity contribution in [2.24, 2.45) is 0 Å². The Bertz CT molecular complexity index is 821. The van der Waals surface area contributed by atoms with E-state index in [1.54, 1.807) is 0 Å². The fourth-order valence-electron chi connectivity index (χ4n) is 2.96. The number of anilines is 3. The second kappa shape index (κ2) is 7.75. The second-order valence-electron chi connectivity index (χ2n) is 6.36. The minimum Gasteiger partial charge on any atom is -0.399 e. The Morgan fingerprint density at radius 2 is 1.32 bits per heavy atom. The Morgan fingerprint density at radius 1 is 0.720 bits per heavy atom. The fourth-order valence-corrected chi connectivity index (χ4v) is 2.96. The molecule has 0 aliphatic carbocycles. The molecule has 0 unspecified atom stereocenters. The van der Waals surface area contributed by atoms with Gasteiger partial charge in [0.25, 0.3) is 0 Å². The third-order valence-corrected chi connectivity index (χ3v) is 4.32. The van der Waals surface area contributed by atoms with E-state index >= 15 is 0 Å². The zero-order valence-corrected chi connectivity index (χ0v) is 14.6. The molecule has 0 amide bonds. The second-order valence-corrected chi connectivity index (χ2v) is 6.36. The van der Waals surface area contributed by atoms with Gasteiger partial charge in [-0.1, -0.05) is 36.4 Å². The van der Waals surface area contributed by atoms with Crippen molar-refractivity contribution in [3.05, 3.63) is 89.0 Å². The van der Waals surface area contributed by atoms with E-state index in [4.69, 9.17) is 11.5 Å². The zero-order valence-electron chi connectivity index (χ0n) is 14.6. The van der Waals surface area contributed by atoms with Crippen LogP contribution in [0.15, 0.2) is 66.7 Å². The van der Waals surface area contributed by atoms with Crippen LogP contribution in [0.1, 0.15) is 29.2 Å². The van der Waals surface area contributed by atoms with Crippen molar-refractivity contribution in [1.82, 2.24) is 0 Å². The normalized spacial score (nSPS) is 10.6. The molecule has 0 aliphatic heterocycles. The van der Waals surface area contributed by atoms with Gasteiger partial charge in [-0.05, 0) is 72.4 Å². The minimum atomic E-state index is 0.794. The first-order valence-electron chi connectivity index (χ1n) is 8.68. The highest BCUT2D eigenvalue weighted by Crippen LogP contribution is 2.21. The van der Waals surface area contributed by atoms with Gasteiger partial charge >= 0.3 is 0 Å². The molecular formula is C22H25N3. The standard InChI is InChI=1S/C22H25N3/c1-2-25-21-10-5-17(6-11-21)14-19-15-18(7-12-22(19)24)13-16-3-8-20(23)9-4-16/h3-12,15,25H,2,13-14,23-24H2,1H3. The summed E-state index contributed by atoms with van der Waals surface area (Å²) >= 11 is 0. The minimum absolute atomic E-state index is 0.794. The van der Waals surface area contributed by atoms with Crippen LogP contribution < -0.4 is 16.8 Å². The molecule has 3 nitrogen and oxygen atoms in total. The van der Waals surface area contributed by atoms with Crippen molar-refractivity contribution in [2.75, 3.05) is 23.3 Å². The number of hydrogen-bond acceptors (Lipinski definition) is 3. The summed E-state index contributed by atoms with van der Waals surface area (Å²) in [5, 5.41) is 3.32. The highest BCUT2D eigenvalue weighted by Gasteiger charge is 2.05. The maximum absolute atomic E-state index is 6.20. The summed E-state index contributed by atoms with van der Waals surface area (Å²) in [5.41, 5.74) is 19.7. The predicted octanol–water partition coefficient (Wildman–Crippen LogP) is 4.46. The molecule has 3 rings (SSSR count). The summed E-state index contributed by atoms with van der Waals surface area (Å²) in [6, 6.07) is 22.9. The molecule has 5 N–H and O–H groups in total. The zero-order chi connectivity index (χ0) is 17.6. The molecule has 128 valence electrons. The van der Waals surface area contributed by atoms with Crippen LogP contribution in [-0.2, 0) is 12.8 Å². The predicted molar refractivity (Wildman–Crippen MR) is 108 cm³/mol. The number of rotatable bonds is 6. The largest absolute Gasteiger partial charge is 0.399 e. The topological polar surface area (TPSA) is 64.1 Å². The Labute approximate surface area is 149 Å². The van der Waals surface area contributed by atoms with Crippen molar-refractivity contribution >= 4 is 17.1 Å². The summed E-state index contributed by atoms with van der Waals surface area (Å²) < 4.78 is 0. The molecule has 3 heteroatoms. The summed E-state index contributed by atoms with van der Waals surface area (Å²) in [7, 11) is 0. The Kier molecular flexibility index (Phi) is 5.24. The third kappa shape index (κ3) is 4.54. The molecule has 0 saturated carbocycles. The molecule has 0 spiro atoms. The smallest absolute Gasteiger partial charge is 0.0350 e. The highest BCUT2D eigenvalue weighted by molar-refractivity contribution is 5.52. The van der Waals surface area contributed by atoms with Crippen LogP contribution in [0.4, 0.5) is 17.1 Å². The Balaban J connectivity index is 1.75. The van der Waals surface area contributed by atoms with Crippen LogP contribution in [0.5, 0.6) is 0 Å². The van der Waals surface area contributed by atoms with Gasteiger partial charge in [-0.2, -0.15) is 0 Å². The van der Waals surface area contributed by atoms with E-state index in [2.05, 4.69) is 60.8 Å². The summed E-state index contributed by atoms with van der Waals surface area (Å²) in [6.45, 7) is 3.03. The van der Waals surface area contributed by atoms with E-state index in [9.17, 15) is 0 Å². The van der Waals surface area contributed by atoms with E-state index < -0.39 is 0 Å². The molecule has 0 heterocycles. The first-order valence-corrected chi connectivity index (χ1v) is 8.68. The lowest BCUT2D eigenvalue weighted by Crippen LogP contribution is -1.99. The van der Waals surface area contributed by atoms with E-state index in [0.717, 1.165) is 36.4 Å². The SMILES string of the molecule is CCNc1ccc(Cc2cc(Cc3ccc(N)cc3)ccc2N)cc1. The van der Waals surface area contributed by atoms with Gasteiger partial charge in [0.2, 0.25) is 0 Å². The van der Waals surface area contributed by atoms with E-state index in [-0.39, 0.29) is 0 Å². The number of nitrogens with two attached hydrogens (primary N) is 2. The first kappa shape index (κ1) is 16.9. The Hall–Kier alpha value is -2.94. The molecule has 3 aromatic rings. The van der Waals surface area contributed by atoms with Crippen LogP contribution in [-0.4, -0.2) is 6.54 Å². The van der Waals surface area contributed by atoms with Gasteiger partial charge in [0.15, 0.2) is 0 Å². The van der Waals surface area contributed by atoms with Gasteiger partial charge in [-0.25, -0.2) is 0 Å². The summed E-state index contributed by atoms with van der Waals surface area (Å²) in [6.07, 6.45) is 1.72. The van der Waals surface area contributed by atoms with Crippen LogP contribution in [0.25, 0.3) is 0 Å². The number of nitrogen functional groups attached to an aromatic ring is 2. The lowest BCUT2D eigenvalue weighted by Gasteiger charge is -2.10. The van der Waals surface area contributed by atoms with Crippen molar-refractivity contribution in [2.45, 2.75) is 19.8 Å². The van der Waals surface area contributed by atoms with Gasteiger partial charge < -0.3 is 16.8 Å². The van der Waals surface area contributed by atoms with Crippen LogP contribution >= 0.6 is 0 Å². The van der Waals surface area contributed by atoms with Crippen molar-refractivity contribution in [3.63, 3.8) is 0 Å². The molecule has 0 bridgehead atoms. The molecule has 0 saturated heterocycles. The van der Waals surface area contributed by atoms with Gasteiger partial charge in [0, 0.05) is 23.6 Å². The first-order chi connectivity index (χ1) is 12.1. The molecule has 0 radical (unpaired) electrons. The molecule has 25 heavy (non-hydrogen) atoms. The van der Waals surface area contributed by atoms with Gasteiger partial charge in [0.1, 0.15) is 0 Å². The highest BCUT2D eigenvalue weighted by atomic mass is 14.8. The number of nitrogens with one attached hydrogen (secondary N) is 1. The molecule has 0 aliphatic rings. The maximum atomic E-state index is 6.20. The van der Waals surface area contributed by atoms with Gasteiger partial charge in [-0.15, -0.1) is 0 Å². The van der Waals surface area contributed by atoms with Crippen molar-refractivity contribution in [3.8, 4) is 0 Å². The molecule has 0 fully saturated rings. The van der Waals surface area contributed by atoms with E-state index in [1.165, 1.54) is 22.3 Å². The maximum Gasteiger partial charge on any atom is 0.0350 e. The number of benzene rings is 3. The van der Waals surface area contributed by atoms with Crippen LogP contribution in [0.3, 0.4) is 0 Å². The summed E-state index contributed by atoms with van der Waals surface area (Å²) in [4.78, 5) is 0. The lowest BCUT2D eigenvalue weighted by molar-refractivity contribution is 1.14. The quantitative estimate of drug-likeness (QED) is 0.584. The van der Waals surface area contributed by atoms with Gasteiger partial charge in [0.05, 0.1) is 0 Å². The van der Waals surface area contributed by atoms with Crippen molar-refractivity contribution in [1.29, 1.82) is 0 Å². The average Bonchev–Trinajstić information content (AvgIpc) is 2.62. The summed E-state index contributed by atoms with van der Waals surface area (Å²) in [5.74, 6) is 0. The molecule has 3 aromatic carbocycles. The van der Waals surface area contributed by atoms with E-state index in [0.29, 0.717) is 0 Å². The number of hydrogen-bond donors (Lipinski definition) is 3. The Morgan fingerprint density at radius 3 is 2.00 bits per heavy atom. The molecule has 0 atom stereocenters.